The second kappa shape index (κ2) is 10.8. The summed E-state index contributed by atoms with van der Waals surface area (Å²) in [4.78, 5) is 27.4. The first-order valence-electron chi connectivity index (χ1n) is 10.3. The van der Waals surface area contributed by atoms with E-state index >= 15 is 0 Å². The van der Waals surface area contributed by atoms with Crippen LogP contribution in [-0.2, 0) is 26.2 Å². The first-order chi connectivity index (χ1) is 15.0. The van der Waals surface area contributed by atoms with Crippen LogP contribution in [0.5, 0.6) is 0 Å². The van der Waals surface area contributed by atoms with Crippen LogP contribution >= 0.6 is 11.6 Å². The van der Waals surface area contributed by atoms with Gasteiger partial charge in [0.05, 0.1) is 11.9 Å². The zero-order valence-corrected chi connectivity index (χ0v) is 20.6. The summed E-state index contributed by atoms with van der Waals surface area (Å²) < 4.78 is 26.4. The van der Waals surface area contributed by atoms with E-state index < -0.39 is 28.5 Å². The molecule has 0 aliphatic heterocycles. The second-order valence-electron chi connectivity index (χ2n) is 7.69. The van der Waals surface area contributed by atoms with Gasteiger partial charge in [-0.3, -0.25) is 13.9 Å². The van der Waals surface area contributed by atoms with Crippen LogP contribution in [-0.4, -0.2) is 50.5 Å². The van der Waals surface area contributed by atoms with Gasteiger partial charge in [0.1, 0.15) is 12.6 Å². The van der Waals surface area contributed by atoms with E-state index in [4.69, 9.17) is 11.6 Å². The fourth-order valence-electron chi connectivity index (χ4n) is 3.49. The molecule has 0 heterocycles. The Balaban J connectivity index is 2.46. The average Bonchev–Trinajstić information content (AvgIpc) is 2.71. The van der Waals surface area contributed by atoms with Crippen molar-refractivity contribution >= 4 is 39.1 Å². The summed E-state index contributed by atoms with van der Waals surface area (Å²) in [5.41, 5.74) is 2.60. The minimum Gasteiger partial charge on any atom is -0.355 e. The number of hydrogen-bond acceptors (Lipinski definition) is 4. The van der Waals surface area contributed by atoms with Crippen molar-refractivity contribution in [3.05, 3.63) is 64.2 Å². The first kappa shape index (κ1) is 25.7. The number of amides is 2. The van der Waals surface area contributed by atoms with Gasteiger partial charge in [-0.05, 0) is 50.5 Å². The largest absolute Gasteiger partial charge is 0.355 e. The number of halogens is 1. The number of hydrogen-bond donors (Lipinski definition) is 1. The standard InChI is InChI=1S/C23H30ClN3O4S/c1-6-25-23(29)18(4)26(14-19-12-7-8-13-20(19)24)21(28)15-27(32(5,30)31)22-16(2)10-9-11-17(22)3/h7-13,18H,6,14-15H2,1-5H3,(H,25,29). The normalized spacial score (nSPS) is 12.2. The zero-order valence-electron chi connectivity index (χ0n) is 19.1. The highest BCUT2D eigenvalue weighted by atomic mass is 35.5. The van der Waals surface area contributed by atoms with E-state index in [1.807, 2.05) is 6.07 Å². The molecule has 0 saturated heterocycles. The fraction of sp³-hybridized carbons (Fsp3) is 0.391. The third-order valence-corrected chi connectivity index (χ3v) is 6.67. The molecule has 0 radical (unpaired) electrons. The van der Waals surface area contributed by atoms with Crippen LogP contribution in [0.1, 0.15) is 30.5 Å². The van der Waals surface area contributed by atoms with Crippen molar-refractivity contribution in [2.75, 3.05) is 23.7 Å². The summed E-state index contributed by atoms with van der Waals surface area (Å²) in [6.45, 7) is 7.05. The van der Waals surface area contributed by atoms with Gasteiger partial charge in [0.15, 0.2) is 0 Å². The van der Waals surface area contributed by atoms with Crippen molar-refractivity contribution in [3.8, 4) is 0 Å². The van der Waals surface area contributed by atoms with E-state index in [1.54, 1.807) is 64.1 Å². The predicted molar refractivity (Wildman–Crippen MR) is 128 cm³/mol. The molecular formula is C23H30ClN3O4S. The van der Waals surface area contributed by atoms with E-state index in [9.17, 15) is 18.0 Å². The third-order valence-electron chi connectivity index (χ3n) is 5.18. The number of benzene rings is 2. The zero-order chi connectivity index (χ0) is 24.1. The van der Waals surface area contributed by atoms with E-state index in [0.29, 0.717) is 22.8 Å². The van der Waals surface area contributed by atoms with Gasteiger partial charge in [0.2, 0.25) is 21.8 Å². The summed E-state index contributed by atoms with van der Waals surface area (Å²) >= 11 is 6.29. The molecule has 2 aromatic rings. The van der Waals surface area contributed by atoms with Crippen LogP contribution in [0.15, 0.2) is 42.5 Å². The van der Waals surface area contributed by atoms with Crippen molar-refractivity contribution < 1.29 is 18.0 Å². The maximum Gasteiger partial charge on any atom is 0.244 e. The van der Waals surface area contributed by atoms with E-state index in [1.165, 1.54) is 4.90 Å². The topological polar surface area (TPSA) is 86.8 Å². The summed E-state index contributed by atoms with van der Waals surface area (Å²) in [6.07, 6.45) is 1.07. The molecule has 1 atom stereocenters. The van der Waals surface area contributed by atoms with Gasteiger partial charge < -0.3 is 10.2 Å². The number of nitrogens with one attached hydrogen (secondary N) is 1. The van der Waals surface area contributed by atoms with Crippen LogP contribution in [0.25, 0.3) is 0 Å². The third kappa shape index (κ3) is 6.23. The Hall–Kier alpha value is -2.58. The van der Waals surface area contributed by atoms with Gasteiger partial charge in [-0.2, -0.15) is 0 Å². The Kier molecular flexibility index (Phi) is 8.69. The van der Waals surface area contributed by atoms with Crippen LogP contribution < -0.4 is 9.62 Å². The molecule has 9 heteroatoms. The molecule has 174 valence electrons. The molecule has 2 aromatic carbocycles. The lowest BCUT2D eigenvalue weighted by atomic mass is 10.1. The Morgan fingerprint density at radius 3 is 2.19 bits per heavy atom. The molecule has 0 fully saturated rings. The van der Waals surface area contributed by atoms with Crippen molar-refractivity contribution in [1.82, 2.24) is 10.2 Å². The quantitative estimate of drug-likeness (QED) is 0.598. The number of carbonyl (C=O) groups excluding carboxylic acids is 2. The number of likely N-dealkylation sites (N-methyl/N-ethyl adjacent to an activating group) is 1. The van der Waals surface area contributed by atoms with Crippen molar-refractivity contribution in [2.45, 2.75) is 40.3 Å². The molecular weight excluding hydrogens is 450 g/mol. The summed E-state index contributed by atoms with van der Waals surface area (Å²) in [7, 11) is -3.77. The number of rotatable bonds is 9. The Labute approximate surface area is 195 Å². The Morgan fingerprint density at radius 1 is 1.06 bits per heavy atom. The molecule has 0 aromatic heterocycles. The molecule has 0 spiro atoms. The van der Waals surface area contributed by atoms with Gasteiger partial charge in [-0.25, -0.2) is 8.42 Å². The molecule has 7 nitrogen and oxygen atoms in total. The number of aryl methyl sites for hydroxylation is 2. The number of para-hydroxylation sites is 1. The Bertz CT molecular complexity index is 1070. The van der Waals surface area contributed by atoms with Gasteiger partial charge >= 0.3 is 0 Å². The van der Waals surface area contributed by atoms with Gasteiger partial charge in [0.25, 0.3) is 0 Å². The van der Waals surface area contributed by atoms with Crippen molar-refractivity contribution in [2.24, 2.45) is 0 Å². The molecule has 0 aliphatic rings. The molecule has 32 heavy (non-hydrogen) atoms. The summed E-state index contributed by atoms with van der Waals surface area (Å²) in [6, 6.07) is 11.6. The Morgan fingerprint density at radius 2 is 1.66 bits per heavy atom. The molecule has 0 saturated carbocycles. The van der Waals surface area contributed by atoms with Crippen LogP contribution in [0.3, 0.4) is 0 Å². The molecule has 2 amide bonds. The monoisotopic (exact) mass is 479 g/mol. The van der Waals surface area contributed by atoms with Crippen LogP contribution in [0.2, 0.25) is 5.02 Å². The highest BCUT2D eigenvalue weighted by molar-refractivity contribution is 7.92. The summed E-state index contributed by atoms with van der Waals surface area (Å²) in [5.74, 6) is -0.831. The highest BCUT2D eigenvalue weighted by Gasteiger charge is 2.31. The van der Waals surface area contributed by atoms with E-state index in [0.717, 1.165) is 21.7 Å². The molecule has 1 N–H and O–H groups in total. The minimum atomic E-state index is -3.77. The van der Waals surface area contributed by atoms with Crippen molar-refractivity contribution in [3.63, 3.8) is 0 Å². The van der Waals surface area contributed by atoms with Crippen molar-refractivity contribution in [1.29, 1.82) is 0 Å². The van der Waals surface area contributed by atoms with E-state index in [2.05, 4.69) is 5.32 Å². The fourth-order valence-corrected chi connectivity index (χ4v) is 4.65. The lowest BCUT2D eigenvalue weighted by Crippen LogP contribution is -2.51. The van der Waals surface area contributed by atoms with Gasteiger partial charge in [0, 0.05) is 18.1 Å². The predicted octanol–water partition coefficient (Wildman–Crippen LogP) is 3.28. The van der Waals surface area contributed by atoms with Crippen LogP contribution in [0, 0.1) is 13.8 Å². The maximum atomic E-state index is 13.5. The average molecular weight is 480 g/mol. The van der Waals surface area contributed by atoms with E-state index in [-0.39, 0.29) is 12.5 Å². The highest BCUT2D eigenvalue weighted by Crippen LogP contribution is 2.27. The lowest BCUT2D eigenvalue weighted by molar-refractivity contribution is -0.139. The van der Waals surface area contributed by atoms with Gasteiger partial charge in [-0.15, -0.1) is 0 Å². The van der Waals surface area contributed by atoms with Crippen LogP contribution in [0.4, 0.5) is 5.69 Å². The number of anilines is 1. The molecule has 0 aliphatic carbocycles. The second-order valence-corrected chi connectivity index (χ2v) is 10.0. The molecule has 1 unspecified atom stereocenters. The number of nitrogens with zero attached hydrogens (tertiary/aromatic N) is 2. The summed E-state index contributed by atoms with van der Waals surface area (Å²) in [5, 5.41) is 3.18. The minimum absolute atomic E-state index is 0.0706. The molecule has 0 bridgehead atoms. The SMILES string of the molecule is CCNC(=O)C(C)N(Cc1ccccc1Cl)C(=O)CN(c1c(C)cccc1C)S(C)(=O)=O. The number of sulfonamides is 1. The smallest absolute Gasteiger partial charge is 0.244 e. The lowest BCUT2D eigenvalue weighted by Gasteiger charge is -2.32. The molecule has 2 rings (SSSR count). The first-order valence-corrected chi connectivity index (χ1v) is 12.5. The van der Waals surface area contributed by atoms with Gasteiger partial charge in [-0.1, -0.05) is 48.0 Å². The maximum absolute atomic E-state index is 13.5. The number of carbonyl (C=O) groups is 2.